The van der Waals surface area contributed by atoms with Crippen molar-refractivity contribution in [3.8, 4) is 11.3 Å². The highest BCUT2D eigenvalue weighted by atomic mass is 19.4. The first kappa shape index (κ1) is 14.5. The Morgan fingerprint density at radius 2 is 1.82 bits per heavy atom. The van der Waals surface area contributed by atoms with Crippen molar-refractivity contribution >= 4 is 5.95 Å². The van der Waals surface area contributed by atoms with Gasteiger partial charge in [0.15, 0.2) is 0 Å². The van der Waals surface area contributed by atoms with E-state index < -0.39 is 12.2 Å². The van der Waals surface area contributed by atoms with Crippen LogP contribution in [-0.2, 0) is 0 Å². The van der Waals surface area contributed by atoms with Crippen LogP contribution < -0.4 is 10.4 Å². The summed E-state index contributed by atoms with van der Waals surface area (Å²) in [5.41, 5.74) is 3.37. The fourth-order valence-electron chi connectivity index (χ4n) is 1.96. The summed E-state index contributed by atoms with van der Waals surface area (Å²) in [4.78, 5) is 8.12. The number of anilines is 1. The Hall–Kier alpha value is -2.48. The zero-order valence-corrected chi connectivity index (χ0v) is 11.0. The molecule has 1 aromatic heterocycles. The second kappa shape index (κ2) is 5.38. The number of nitrogens with zero attached hydrogens (tertiary/aromatic N) is 3. The molecule has 2 heterocycles. The second-order valence-electron chi connectivity index (χ2n) is 4.61. The molecule has 0 saturated heterocycles. The molecule has 1 unspecified atom stereocenters. The number of hydrogen-bond donors (Lipinski definition) is 1. The molecule has 0 spiro atoms. The third-order valence-electron chi connectivity index (χ3n) is 3.06. The first-order valence-electron chi connectivity index (χ1n) is 6.33. The van der Waals surface area contributed by atoms with Crippen molar-refractivity contribution in [1.82, 2.24) is 15.4 Å². The van der Waals surface area contributed by atoms with Crippen LogP contribution in [0.3, 0.4) is 0 Å². The van der Waals surface area contributed by atoms with Crippen LogP contribution in [0.25, 0.3) is 11.3 Å². The maximum absolute atomic E-state index is 12.9. The summed E-state index contributed by atoms with van der Waals surface area (Å²) in [5, 5.41) is 1.10. The van der Waals surface area contributed by atoms with E-state index >= 15 is 0 Å². The van der Waals surface area contributed by atoms with Gasteiger partial charge in [-0.05, 0) is 36.4 Å². The molecule has 0 amide bonds. The van der Waals surface area contributed by atoms with Gasteiger partial charge in [-0.15, -0.1) is 0 Å². The van der Waals surface area contributed by atoms with Gasteiger partial charge in [0.05, 0.1) is 5.69 Å². The van der Waals surface area contributed by atoms with Crippen LogP contribution in [0.4, 0.5) is 23.5 Å². The highest BCUT2D eigenvalue weighted by Crippen LogP contribution is 2.26. The van der Waals surface area contributed by atoms with Gasteiger partial charge in [0.2, 0.25) is 5.95 Å². The Morgan fingerprint density at radius 1 is 1.09 bits per heavy atom. The van der Waals surface area contributed by atoms with Crippen molar-refractivity contribution in [1.29, 1.82) is 0 Å². The second-order valence-corrected chi connectivity index (χ2v) is 4.61. The van der Waals surface area contributed by atoms with E-state index in [1.807, 2.05) is 0 Å². The molecule has 0 radical (unpaired) electrons. The molecule has 114 valence electrons. The van der Waals surface area contributed by atoms with Crippen LogP contribution in [0.2, 0.25) is 0 Å². The summed E-state index contributed by atoms with van der Waals surface area (Å²) in [6, 6.07) is 5.46. The van der Waals surface area contributed by atoms with Gasteiger partial charge in [-0.3, -0.25) is 5.01 Å². The van der Waals surface area contributed by atoms with Crippen LogP contribution in [-0.4, -0.2) is 22.2 Å². The minimum Gasteiger partial charge on any atom is -0.250 e. The van der Waals surface area contributed by atoms with Gasteiger partial charge in [-0.2, -0.15) is 13.2 Å². The van der Waals surface area contributed by atoms with E-state index in [-0.39, 0.29) is 11.8 Å². The standard InChI is InChI=1S/C14H10F4N4/c15-10-3-1-9(2-4-10)11-5-7-19-13(20-11)22-8-6-12(21-22)14(16,17)18/h1-8,12,21H. The van der Waals surface area contributed by atoms with E-state index in [0.717, 1.165) is 11.1 Å². The van der Waals surface area contributed by atoms with E-state index in [0.29, 0.717) is 11.3 Å². The number of halogens is 4. The van der Waals surface area contributed by atoms with E-state index in [9.17, 15) is 17.6 Å². The lowest BCUT2D eigenvalue weighted by molar-refractivity contribution is -0.142. The lowest BCUT2D eigenvalue weighted by Gasteiger charge is -2.19. The minimum atomic E-state index is -4.39. The Balaban J connectivity index is 1.84. The average molecular weight is 310 g/mol. The van der Waals surface area contributed by atoms with Crippen LogP contribution in [0.5, 0.6) is 0 Å². The first-order valence-corrected chi connectivity index (χ1v) is 6.33. The van der Waals surface area contributed by atoms with Crippen molar-refractivity contribution in [3.63, 3.8) is 0 Å². The molecule has 1 atom stereocenters. The molecule has 4 nitrogen and oxygen atoms in total. The van der Waals surface area contributed by atoms with Crippen LogP contribution in [0, 0.1) is 5.82 Å². The van der Waals surface area contributed by atoms with Crippen molar-refractivity contribution in [2.75, 3.05) is 5.01 Å². The number of rotatable bonds is 2. The van der Waals surface area contributed by atoms with E-state index in [4.69, 9.17) is 0 Å². The number of hydrazine groups is 1. The summed E-state index contributed by atoms with van der Waals surface area (Å²) in [5.74, 6) is -0.306. The van der Waals surface area contributed by atoms with E-state index in [1.165, 1.54) is 36.7 Å². The minimum absolute atomic E-state index is 0.0739. The van der Waals surface area contributed by atoms with Crippen LogP contribution in [0.15, 0.2) is 48.8 Å². The molecule has 1 N–H and O–H groups in total. The first-order chi connectivity index (χ1) is 10.4. The van der Waals surface area contributed by atoms with E-state index in [1.54, 1.807) is 6.07 Å². The molecule has 1 aromatic carbocycles. The average Bonchev–Trinajstić information content (AvgIpc) is 2.98. The number of benzene rings is 1. The van der Waals surface area contributed by atoms with Crippen LogP contribution in [0.1, 0.15) is 0 Å². The quantitative estimate of drug-likeness (QED) is 0.866. The highest BCUT2D eigenvalue weighted by molar-refractivity contribution is 5.60. The molecule has 1 aliphatic rings. The smallest absolute Gasteiger partial charge is 0.250 e. The summed E-state index contributed by atoms with van der Waals surface area (Å²) in [7, 11) is 0. The third kappa shape index (κ3) is 2.91. The van der Waals surface area contributed by atoms with Gasteiger partial charge in [0.25, 0.3) is 0 Å². The largest absolute Gasteiger partial charge is 0.409 e. The summed E-state index contributed by atoms with van der Waals surface area (Å²) in [6.45, 7) is 0. The molecule has 8 heteroatoms. The zero-order chi connectivity index (χ0) is 15.7. The lowest BCUT2D eigenvalue weighted by atomic mass is 10.1. The fourth-order valence-corrected chi connectivity index (χ4v) is 1.96. The van der Waals surface area contributed by atoms with Crippen molar-refractivity contribution in [2.45, 2.75) is 12.2 Å². The molecule has 1 aliphatic heterocycles. The Morgan fingerprint density at radius 3 is 2.45 bits per heavy atom. The number of alkyl halides is 3. The molecule has 0 saturated carbocycles. The maximum atomic E-state index is 12.9. The fraction of sp³-hybridized carbons (Fsp3) is 0.143. The normalized spacial score (nSPS) is 18.0. The maximum Gasteiger partial charge on any atom is 0.409 e. The van der Waals surface area contributed by atoms with Gasteiger partial charge < -0.3 is 0 Å². The molecular formula is C14H10F4N4. The molecule has 3 rings (SSSR count). The molecule has 22 heavy (non-hydrogen) atoms. The van der Waals surface area contributed by atoms with Gasteiger partial charge in [-0.1, -0.05) is 0 Å². The van der Waals surface area contributed by atoms with Crippen molar-refractivity contribution in [2.24, 2.45) is 0 Å². The molecule has 2 aromatic rings. The highest BCUT2D eigenvalue weighted by Gasteiger charge is 2.41. The molecule has 0 aliphatic carbocycles. The van der Waals surface area contributed by atoms with Gasteiger partial charge >= 0.3 is 6.18 Å². The van der Waals surface area contributed by atoms with Gasteiger partial charge in [0, 0.05) is 18.0 Å². The Labute approximate surface area is 123 Å². The predicted octanol–water partition coefficient (Wildman–Crippen LogP) is 3.05. The summed E-state index contributed by atoms with van der Waals surface area (Å²) in [6.07, 6.45) is -0.757. The van der Waals surface area contributed by atoms with Crippen LogP contribution >= 0.6 is 0 Å². The number of nitrogens with one attached hydrogen (secondary N) is 1. The molecular weight excluding hydrogens is 300 g/mol. The number of aromatic nitrogens is 2. The SMILES string of the molecule is Fc1ccc(-c2ccnc(N3C=CC(C(F)(F)F)N3)n2)cc1. The topological polar surface area (TPSA) is 41.1 Å². The monoisotopic (exact) mass is 310 g/mol. The van der Waals surface area contributed by atoms with Gasteiger partial charge in [-0.25, -0.2) is 19.8 Å². The van der Waals surface area contributed by atoms with Crippen molar-refractivity contribution < 1.29 is 17.6 Å². The third-order valence-corrected chi connectivity index (χ3v) is 3.06. The molecule has 0 bridgehead atoms. The van der Waals surface area contributed by atoms with Gasteiger partial charge in [0.1, 0.15) is 11.9 Å². The number of hydrogen-bond acceptors (Lipinski definition) is 4. The molecule has 0 fully saturated rings. The summed E-state index contributed by atoms with van der Waals surface area (Å²) >= 11 is 0. The predicted molar refractivity (Wildman–Crippen MR) is 72.0 cm³/mol. The van der Waals surface area contributed by atoms with E-state index in [2.05, 4.69) is 15.4 Å². The Kier molecular flexibility index (Phi) is 3.53. The summed E-state index contributed by atoms with van der Waals surface area (Å²) < 4.78 is 50.8. The van der Waals surface area contributed by atoms with Crippen molar-refractivity contribution in [3.05, 3.63) is 54.6 Å². The zero-order valence-electron chi connectivity index (χ0n) is 11.0. The lowest BCUT2D eigenvalue weighted by Crippen LogP contribution is -2.44. The Bertz CT molecular complexity index is 697.